The SMILES string of the molecule is CC(N)C(=O)O.Oc1cccc2cccnc12. The average Bonchev–Trinajstić information content (AvgIpc) is 2.30. The van der Waals surface area contributed by atoms with Crippen LogP contribution in [-0.2, 0) is 4.79 Å². The van der Waals surface area contributed by atoms with Crippen molar-refractivity contribution in [2.75, 3.05) is 0 Å². The van der Waals surface area contributed by atoms with Gasteiger partial charge in [0, 0.05) is 11.6 Å². The molecular formula is C12H14N2O3. The lowest BCUT2D eigenvalue weighted by atomic mass is 10.2. The summed E-state index contributed by atoms with van der Waals surface area (Å²) >= 11 is 0. The van der Waals surface area contributed by atoms with Gasteiger partial charge in [-0.25, -0.2) is 0 Å². The number of hydrogen-bond acceptors (Lipinski definition) is 4. The molecular weight excluding hydrogens is 220 g/mol. The number of nitrogens with two attached hydrogens (primary N) is 1. The van der Waals surface area contributed by atoms with Crippen LogP contribution in [0.1, 0.15) is 6.92 Å². The number of phenols is 1. The standard InChI is InChI=1S/C9H7NO.C3H7NO2/c11-8-5-1-3-7-4-2-6-10-9(7)8;1-2(4)3(5)6/h1-6,11H;2H,4H2,1H3,(H,5,6). The number of nitrogens with zero attached hydrogens (tertiary/aromatic N) is 1. The number of pyridine rings is 1. The molecule has 2 aromatic rings. The Labute approximate surface area is 98.5 Å². The fourth-order valence-electron chi connectivity index (χ4n) is 1.09. The summed E-state index contributed by atoms with van der Waals surface area (Å²) in [5.41, 5.74) is 5.50. The highest BCUT2D eigenvalue weighted by Crippen LogP contribution is 2.20. The van der Waals surface area contributed by atoms with Crippen LogP contribution < -0.4 is 5.73 Å². The van der Waals surface area contributed by atoms with Gasteiger partial charge in [-0.15, -0.1) is 0 Å². The van der Waals surface area contributed by atoms with Crippen LogP contribution in [0, 0.1) is 0 Å². The molecule has 5 heteroatoms. The molecule has 1 atom stereocenters. The zero-order valence-electron chi connectivity index (χ0n) is 9.37. The molecule has 1 aromatic heterocycles. The number of aromatic nitrogens is 1. The normalized spacial score (nSPS) is 11.4. The molecule has 0 aliphatic heterocycles. The van der Waals surface area contributed by atoms with E-state index in [9.17, 15) is 9.90 Å². The van der Waals surface area contributed by atoms with Crippen molar-refractivity contribution in [3.8, 4) is 5.75 Å². The number of carbonyl (C=O) groups is 1. The molecule has 0 aliphatic carbocycles. The van der Waals surface area contributed by atoms with E-state index in [2.05, 4.69) is 4.98 Å². The fraction of sp³-hybridized carbons (Fsp3) is 0.167. The first-order valence-corrected chi connectivity index (χ1v) is 5.03. The molecule has 5 nitrogen and oxygen atoms in total. The summed E-state index contributed by atoms with van der Waals surface area (Å²) in [5, 5.41) is 18.1. The van der Waals surface area contributed by atoms with Crippen molar-refractivity contribution in [3.05, 3.63) is 36.5 Å². The maximum atomic E-state index is 9.57. The molecule has 0 radical (unpaired) electrons. The maximum Gasteiger partial charge on any atom is 0.320 e. The Hall–Kier alpha value is -2.14. The van der Waals surface area contributed by atoms with E-state index in [0.29, 0.717) is 5.52 Å². The van der Waals surface area contributed by atoms with Crippen LogP contribution in [0.5, 0.6) is 5.75 Å². The number of hydrogen-bond donors (Lipinski definition) is 3. The summed E-state index contributed by atoms with van der Waals surface area (Å²) in [6.45, 7) is 1.42. The summed E-state index contributed by atoms with van der Waals surface area (Å²) in [6, 6.07) is 8.39. The number of phenolic OH excluding ortho intramolecular Hbond substituents is 1. The zero-order valence-corrected chi connectivity index (χ0v) is 9.37. The zero-order chi connectivity index (χ0) is 12.8. The minimum atomic E-state index is -0.963. The van der Waals surface area contributed by atoms with Gasteiger partial charge in [-0.3, -0.25) is 9.78 Å². The van der Waals surface area contributed by atoms with Crippen LogP contribution in [0.15, 0.2) is 36.5 Å². The van der Waals surface area contributed by atoms with E-state index in [-0.39, 0.29) is 5.75 Å². The average molecular weight is 234 g/mol. The van der Waals surface area contributed by atoms with E-state index in [4.69, 9.17) is 10.8 Å². The first-order valence-electron chi connectivity index (χ1n) is 5.03. The minimum Gasteiger partial charge on any atom is -0.506 e. The monoisotopic (exact) mass is 234 g/mol. The predicted molar refractivity (Wildman–Crippen MR) is 64.7 cm³/mol. The van der Waals surface area contributed by atoms with Crippen LogP contribution in [0.25, 0.3) is 10.9 Å². The van der Waals surface area contributed by atoms with Crippen molar-refractivity contribution in [3.63, 3.8) is 0 Å². The van der Waals surface area contributed by atoms with Crippen molar-refractivity contribution in [2.45, 2.75) is 13.0 Å². The molecule has 0 bridgehead atoms. The summed E-state index contributed by atoms with van der Waals surface area (Å²) in [6.07, 6.45) is 1.67. The molecule has 1 heterocycles. The van der Waals surface area contributed by atoms with Crippen molar-refractivity contribution < 1.29 is 15.0 Å². The Morgan fingerprint density at radius 3 is 2.47 bits per heavy atom. The second-order valence-electron chi connectivity index (χ2n) is 3.48. The highest BCUT2D eigenvalue weighted by Gasteiger charge is 1.99. The Bertz CT molecular complexity index is 507. The predicted octanol–water partition coefficient (Wildman–Crippen LogP) is 1.36. The number of aliphatic carboxylic acids is 1. The first-order chi connectivity index (χ1) is 8.02. The van der Waals surface area contributed by atoms with Gasteiger partial charge in [0.05, 0.1) is 0 Å². The molecule has 1 aromatic carbocycles. The Morgan fingerprint density at radius 2 is 1.94 bits per heavy atom. The summed E-state index contributed by atoms with van der Waals surface area (Å²) in [5.74, 6) is -0.724. The third-order valence-electron chi connectivity index (χ3n) is 2.00. The van der Waals surface area contributed by atoms with Gasteiger partial charge < -0.3 is 15.9 Å². The molecule has 0 fully saturated rings. The van der Waals surface area contributed by atoms with Gasteiger partial charge in [0.15, 0.2) is 0 Å². The smallest absolute Gasteiger partial charge is 0.320 e. The van der Waals surface area contributed by atoms with Crippen molar-refractivity contribution in [1.82, 2.24) is 4.98 Å². The molecule has 17 heavy (non-hydrogen) atoms. The topological polar surface area (TPSA) is 96.4 Å². The first kappa shape index (κ1) is 12.9. The lowest BCUT2D eigenvalue weighted by molar-refractivity contribution is -0.138. The van der Waals surface area contributed by atoms with Crippen LogP contribution >= 0.6 is 0 Å². The summed E-state index contributed by atoms with van der Waals surface area (Å²) in [4.78, 5) is 13.6. The van der Waals surface area contributed by atoms with Gasteiger partial charge >= 0.3 is 5.97 Å². The molecule has 0 spiro atoms. The molecule has 0 saturated heterocycles. The quantitative estimate of drug-likeness (QED) is 0.692. The molecule has 0 amide bonds. The van der Waals surface area contributed by atoms with Crippen LogP contribution in [0.2, 0.25) is 0 Å². The number of para-hydroxylation sites is 1. The van der Waals surface area contributed by atoms with Crippen LogP contribution in [-0.4, -0.2) is 27.2 Å². The van der Waals surface area contributed by atoms with Gasteiger partial charge in [-0.05, 0) is 19.1 Å². The van der Waals surface area contributed by atoms with Crippen molar-refractivity contribution in [1.29, 1.82) is 0 Å². The van der Waals surface area contributed by atoms with Crippen molar-refractivity contribution >= 4 is 16.9 Å². The highest BCUT2D eigenvalue weighted by molar-refractivity contribution is 5.83. The molecule has 4 N–H and O–H groups in total. The summed E-state index contributed by atoms with van der Waals surface area (Å²) < 4.78 is 0. The lowest BCUT2D eigenvalue weighted by Crippen LogP contribution is -2.25. The van der Waals surface area contributed by atoms with E-state index in [1.165, 1.54) is 6.92 Å². The number of carboxylic acids is 1. The Kier molecular flexibility index (Phi) is 4.42. The van der Waals surface area contributed by atoms with Crippen LogP contribution in [0.3, 0.4) is 0 Å². The number of aromatic hydroxyl groups is 1. The van der Waals surface area contributed by atoms with Gasteiger partial charge in [-0.1, -0.05) is 18.2 Å². The van der Waals surface area contributed by atoms with E-state index in [0.717, 1.165) is 5.39 Å². The maximum absolute atomic E-state index is 9.57. The third-order valence-corrected chi connectivity index (χ3v) is 2.00. The van der Waals surface area contributed by atoms with Gasteiger partial charge in [-0.2, -0.15) is 0 Å². The van der Waals surface area contributed by atoms with E-state index < -0.39 is 12.0 Å². The lowest BCUT2D eigenvalue weighted by Gasteiger charge is -1.96. The summed E-state index contributed by atoms with van der Waals surface area (Å²) in [7, 11) is 0. The molecule has 0 saturated carbocycles. The highest BCUT2D eigenvalue weighted by atomic mass is 16.4. The molecule has 1 unspecified atom stereocenters. The molecule has 0 aliphatic rings. The number of carboxylic acid groups (broad SMARTS) is 1. The number of benzene rings is 1. The Balaban J connectivity index is 0.000000209. The second kappa shape index (κ2) is 5.81. The van der Waals surface area contributed by atoms with Gasteiger partial charge in [0.2, 0.25) is 0 Å². The molecule has 90 valence electrons. The second-order valence-corrected chi connectivity index (χ2v) is 3.48. The number of fused-ring (bicyclic) bond motifs is 1. The fourth-order valence-corrected chi connectivity index (χ4v) is 1.09. The van der Waals surface area contributed by atoms with Gasteiger partial charge in [0.25, 0.3) is 0 Å². The number of rotatable bonds is 1. The van der Waals surface area contributed by atoms with Crippen LogP contribution in [0.4, 0.5) is 0 Å². The van der Waals surface area contributed by atoms with E-state index in [1.54, 1.807) is 18.3 Å². The van der Waals surface area contributed by atoms with E-state index >= 15 is 0 Å². The van der Waals surface area contributed by atoms with Crippen molar-refractivity contribution in [2.24, 2.45) is 5.73 Å². The third kappa shape index (κ3) is 3.73. The van der Waals surface area contributed by atoms with E-state index in [1.807, 2.05) is 18.2 Å². The minimum absolute atomic E-state index is 0.239. The van der Waals surface area contributed by atoms with Gasteiger partial charge in [0.1, 0.15) is 17.3 Å². The largest absolute Gasteiger partial charge is 0.506 e. The Morgan fingerprint density at radius 1 is 1.35 bits per heavy atom. The molecule has 2 rings (SSSR count).